The van der Waals surface area contributed by atoms with Gasteiger partial charge in [0.15, 0.2) is 0 Å². The van der Waals surface area contributed by atoms with Crippen molar-refractivity contribution in [2.75, 3.05) is 18.4 Å². The summed E-state index contributed by atoms with van der Waals surface area (Å²) in [5.74, 6) is -0.372. The number of anilines is 1. The van der Waals surface area contributed by atoms with E-state index in [9.17, 15) is 18.0 Å². The molecule has 0 aliphatic carbocycles. The highest BCUT2D eigenvalue weighted by atomic mass is 32.2. The molecule has 9 heteroatoms. The van der Waals surface area contributed by atoms with Crippen molar-refractivity contribution in [3.63, 3.8) is 0 Å². The van der Waals surface area contributed by atoms with Crippen LogP contribution in [0.3, 0.4) is 0 Å². The molecule has 0 radical (unpaired) electrons. The van der Waals surface area contributed by atoms with E-state index in [1.165, 1.54) is 21.0 Å². The van der Waals surface area contributed by atoms with Gasteiger partial charge in [-0.05, 0) is 44.9 Å². The first-order valence-corrected chi connectivity index (χ1v) is 10.6. The summed E-state index contributed by atoms with van der Waals surface area (Å²) in [5.41, 5.74) is 1.16. The fraction of sp³-hybridized carbons (Fsp3) is 0.412. The minimum Gasteiger partial charge on any atom is -0.324 e. The van der Waals surface area contributed by atoms with Crippen LogP contribution in [0.1, 0.15) is 23.4 Å². The lowest BCUT2D eigenvalue weighted by Crippen LogP contribution is -2.28. The molecule has 1 aromatic carbocycles. The molecule has 0 spiro atoms. The van der Waals surface area contributed by atoms with Crippen LogP contribution in [-0.2, 0) is 21.4 Å². The third kappa shape index (κ3) is 3.74. The number of hydrogen-bond donors (Lipinski definition) is 1. The summed E-state index contributed by atoms with van der Waals surface area (Å²) >= 11 is 1.11. The van der Waals surface area contributed by atoms with E-state index in [2.05, 4.69) is 5.32 Å². The summed E-state index contributed by atoms with van der Waals surface area (Å²) in [6.07, 6.45) is 1.73. The van der Waals surface area contributed by atoms with E-state index in [1.54, 1.807) is 19.1 Å². The summed E-state index contributed by atoms with van der Waals surface area (Å²) < 4.78 is 28.1. The van der Waals surface area contributed by atoms with E-state index < -0.39 is 10.0 Å². The molecule has 1 aliphatic rings. The minimum absolute atomic E-state index is 0.0991. The zero-order valence-electron chi connectivity index (χ0n) is 14.7. The molecule has 1 aliphatic heterocycles. The average molecular weight is 396 g/mol. The molecule has 1 amide bonds. The van der Waals surface area contributed by atoms with Crippen molar-refractivity contribution in [1.82, 2.24) is 8.87 Å². The van der Waals surface area contributed by atoms with Gasteiger partial charge in [0, 0.05) is 29.3 Å². The Balaban J connectivity index is 1.76. The van der Waals surface area contributed by atoms with E-state index in [-0.39, 0.29) is 22.2 Å². The summed E-state index contributed by atoms with van der Waals surface area (Å²) in [5, 5.41) is 2.68. The predicted molar refractivity (Wildman–Crippen MR) is 101 cm³/mol. The van der Waals surface area contributed by atoms with Gasteiger partial charge >= 0.3 is 4.87 Å². The molecule has 7 nitrogen and oxygen atoms in total. The Morgan fingerprint density at radius 2 is 1.92 bits per heavy atom. The molecule has 2 heterocycles. The Bertz CT molecular complexity index is 986. The van der Waals surface area contributed by atoms with Crippen LogP contribution < -0.4 is 10.2 Å². The smallest absolute Gasteiger partial charge is 0.308 e. The summed E-state index contributed by atoms with van der Waals surface area (Å²) in [4.78, 5) is 25.0. The first-order valence-electron chi connectivity index (χ1n) is 8.36. The van der Waals surface area contributed by atoms with Gasteiger partial charge < -0.3 is 5.32 Å². The number of nitrogens with one attached hydrogen (secondary N) is 1. The zero-order valence-corrected chi connectivity index (χ0v) is 16.3. The summed E-state index contributed by atoms with van der Waals surface area (Å²) in [7, 11) is -3.54. The molecule has 2 aromatic rings. The second-order valence-electron chi connectivity index (χ2n) is 6.28. The molecule has 26 heavy (non-hydrogen) atoms. The molecule has 0 unspecified atom stereocenters. The van der Waals surface area contributed by atoms with Crippen LogP contribution in [0.2, 0.25) is 0 Å². The highest BCUT2D eigenvalue weighted by Gasteiger charge is 2.27. The number of thiazole rings is 1. The van der Waals surface area contributed by atoms with E-state index in [0.29, 0.717) is 18.8 Å². The van der Waals surface area contributed by atoms with Crippen LogP contribution in [0.5, 0.6) is 0 Å². The van der Waals surface area contributed by atoms with Crippen LogP contribution >= 0.6 is 11.3 Å². The second kappa shape index (κ2) is 7.34. The third-order valence-electron chi connectivity index (χ3n) is 4.50. The van der Waals surface area contributed by atoms with Crippen molar-refractivity contribution in [3.8, 4) is 0 Å². The number of benzene rings is 1. The monoisotopic (exact) mass is 395 g/mol. The van der Waals surface area contributed by atoms with Crippen molar-refractivity contribution in [2.45, 2.75) is 38.1 Å². The Labute approximate surface area is 156 Å². The van der Waals surface area contributed by atoms with Crippen LogP contribution in [-0.4, -0.2) is 36.3 Å². The Kier molecular flexibility index (Phi) is 5.31. The SMILES string of the molecule is Cc1sc(=O)n(CC(=O)Nc2cccc(S(=O)(=O)N3CCCC3)c2)c1C. The highest BCUT2D eigenvalue weighted by Crippen LogP contribution is 2.23. The molecule has 1 fully saturated rings. The standard InChI is InChI=1S/C17H21N3O4S2/c1-12-13(2)25-17(22)20(12)11-16(21)18-14-6-5-7-15(10-14)26(23,24)19-8-3-4-9-19/h5-7,10H,3-4,8-9,11H2,1-2H3,(H,18,21). The first kappa shape index (κ1) is 18.8. The summed E-state index contributed by atoms with van der Waals surface area (Å²) in [6, 6.07) is 6.22. The maximum Gasteiger partial charge on any atom is 0.308 e. The van der Waals surface area contributed by atoms with Gasteiger partial charge in [0.05, 0.1) is 4.90 Å². The van der Waals surface area contributed by atoms with Crippen molar-refractivity contribution in [3.05, 3.63) is 44.5 Å². The van der Waals surface area contributed by atoms with Gasteiger partial charge in [-0.25, -0.2) is 8.42 Å². The number of carbonyl (C=O) groups excluding carboxylic acids is 1. The van der Waals surface area contributed by atoms with E-state index in [4.69, 9.17) is 0 Å². The fourth-order valence-electron chi connectivity index (χ4n) is 2.93. The molecule has 0 saturated carbocycles. The van der Waals surface area contributed by atoms with Crippen LogP contribution in [0.25, 0.3) is 0 Å². The number of sulfonamides is 1. The highest BCUT2D eigenvalue weighted by molar-refractivity contribution is 7.89. The topological polar surface area (TPSA) is 88.5 Å². The molecule has 0 atom stereocenters. The number of amides is 1. The lowest BCUT2D eigenvalue weighted by Gasteiger charge is -2.16. The zero-order chi connectivity index (χ0) is 18.9. The molecular weight excluding hydrogens is 374 g/mol. The van der Waals surface area contributed by atoms with Gasteiger partial charge in [-0.3, -0.25) is 14.2 Å². The fourth-order valence-corrected chi connectivity index (χ4v) is 5.32. The maximum atomic E-state index is 12.6. The molecule has 140 valence electrons. The molecular formula is C17H21N3O4S2. The Hall–Kier alpha value is -1.97. The number of hydrogen-bond acceptors (Lipinski definition) is 5. The third-order valence-corrected chi connectivity index (χ3v) is 7.39. The lowest BCUT2D eigenvalue weighted by molar-refractivity contribution is -0.116. The maximum absolute atomic E-state index is 12.6. The molecule has 0 bridgehead atoms. The minimum atomic E-state index is -3.54. The Morgan fingerprint density at radius 3 is 2.54 bits per heavy atom. The van der Waals surface area contributed by atoms with Gasteiger partial charge in [0.1, 0.15) is 6.54 Å². The quantitative estimate of drug-likeness (QED) is 0.838. The second-order valence-corrected chi connectivity index (χ2v) is 9.39. The normalized spacial score (nSPS) is 15.3. The Morgan fingerprint density at radius 1 is 1.23 bits per heavy atom. The number of rotatable bonds is 5. The number of aryl methyl sites for hydroxylation is 1. The lowest BCUT2D eigenvalue weighted by atomic mass is 10.3. The summed E-state index contributed by atoms with van der Waals surface area (Å²) in [6.45, 7) is 4.58. The van der Waals surface area contributed by atoms with E-state index in [0.717, 1.165) is 34.7 Å². The van der Waals surface area contributed by atoms with Crippen molar-refractivity contribution < 1.29 is 13.2 Å². The molecule has 1 N–H and O–H groups in total. The van der Waals surface area contributed by atoms with Gasteiger partial charge in [-0.2, -0.15) is 4.31 Å². The van der Waals surface area contributed by atoms with Crippen molar-refractivity contribution >= 4 is 33.0 Å². The largest absolute Gasteiger partial charge is 0.324 e. The van der Waals surface area contributed by atoms with Crippen LogP contribution in [0.15, 0.2) is 34.0 Å². The first-order chi connectivity index (χ1) is 12.3. The van der Waals surface area contributed by atoms with Crippen molar-refractivity contribution in [1.29, 1.82) is 0 Å². The molecule has 3 rings (SSSR count). The number of nitrogens with zero attached hydrogens (tertiary/aromatic N) is 2. The van der Waals surface area contributed by atoms with E-state index >= 15 is 0 Å². The number of carbonyl (C=O) groups is 1. The van der Waals surface area contributed by atoms with Crippen LogP contribution in [0, 0.1) is 13.8 Å². The van der Waals surface area contributed by atoms with Gasteiger partial charge in [-0.1, -0.05) is 17.4 Å². The predicted octanol–water partition coefficient (Wildman–Crippen LogP) is 1.95. The number of aromatic nitrogens is 1. The van der Waals surface area contributed by atoms with Gasteiger partial charge in [0.25, 0.3) is 0 Å². The van der Waals surface area contributed by atoms with Crippen molar-refractivity contribution in [2.24, 2.45) is 0 Å². The molecule has 1 saturated heterocycles. The van der Waals surface area contributed by atoms with E-state index in [1.807, 2.05) is 6.92 Å². The molecule has 1 aromatic heterocycles. The van der Waals surface area contributed by atoms with Crippen LogP contribution in [0.4, 0.5) is 5.69 Å². The van der Waals surface area contributed by atoms with Gasteiger partial charge in [0.2, 0.25) is 15.9 Å². The average Bonchev–Trinajstić information content (AvgIpc) is 3.21. The van der Waals surface area contributed by atoms with Gasteiger partial charge in [-0.15, -0.1) is 0 Å².